The summed E-state index contributed by atoms with van der Waals surface area (Å²) < 4.78 is 30.5. The van der Waals surface area contributed by atoms with Crippen LogP contribution < -0.4 is 16.3 Å². The van der Waals surface area contributed by atoms with E-state index in [9.17, 15) is 24.1 Å². The number of hydrogen-bond donors (Lipinski definition) is 2. The zero-order chi connectivity index (χ0) is 24.8. The second-order valence-corrected chi connectivity index (χ2v) is 8.44. The molecule has 5 atom stereocenters. The van der Waals surface area contributed by atoms with Crippen LogP contribution in [0.15, 0.2) is 47.4 Å². The molecular formula is C20H24N4O9P+. The van der Waals surface area contributed by atoms with Gasteiger partial charge in [0.05, 0.1) is 0 Å². The van der Waals surface area contributed by atoms with E-state index in [0.29, 0.717) is 4.83 Å². The topological polar surface area (TPSA) is 173 Å². The van der Waals surface area contributed by atoms with Gasteiger partial charge in [-0.2, -0.15) is 4.98 Å². The Labute approximate surface area is 194 Å². The molecule has 1 aliphatic heterocycles. The Morgan fingerprint density at radius 3 is 2.68 bits per heavy atom. The molecule has 0 amide bonds. The van der Waals surface area contributed by atoms with Crippen LogP contribution in [0.2, 0.25) is 0 Å². The lowest BCUT2D eigenvalue weighted by Crippen LogP contribution is -2.37. The molecule has 1 aromatic heterocycles. The first kappa shape index (κ1) is 25.2. The SMILES string of the molecule is CC(=O)O[C@H]1C[C@H](n2ccc(N)nc2=O)O[C@@H]1CO[P+](=O)N(Oc1ccccc1)C(C)C(=O)O. The van der Waals surface area contributed by atoms with Gasteiger partial charge in [-0.3, -0.25) is 14.2 Å². The van der Waals surface area contributed by atoms with Gasteiger partial charge in [0.15, 0.2) is 11.8 Å². The molecule has 14 heteroatoms. The predicted molar refractivity (Wildman–Crippen MR) is 117 cm³/mol. The van der Waals surface area contributed by atoms with E-state index in [-0.39, 0.29) is 24.6 Å². The maximum Gasteiger partial charge on any atom is 0.653 e. The van der Waals surface area contributed by atoms with Crippen LogP contribution in [0.1, 0.15) is 26.5 Å². The van der Waals surface area contributed by atoms with Crippen molar-refractivity contribution in [2.24, 2.45) is 0 Å². The molecule has 0 spiro atoms. The highest BCUT2D eigenvalue weighted by molar-refractivity contribution is 7.36. The van der Waals surface area contributed by atoms with Crippen molar-refractivity contribution in [3.8, 4) is 5.75 Å². The number of ether oxygens (including phenoxy) is 2. The second kappa shape index (κ2) is 11.2. The number of rotatable bonds is 10. The third-order valence-corrected chi connectivity index (χ3v) is 5.92. The van der Waals surface area contributed by atoms with Gasteiger partial charge in [-0.05, 0) is 29.7 Å². The van der Waals surface area contributed by atoms with Crippen LogP contribution >= 0.6 is 8.18 Å². The van der Waals surface area contributed by atoms with E-state index in [1.807, 2.05) is 0 Å². The molecule has 2 unspecified atom stereocenters. The number of hydrogen-bond acceptors (Lipinski definition) is 10. The van der Waals surface area contributed by atoms with Crippen molar-refractivity contribution >= 4 is 25.9 Å². The van der Waals surface area contributed by atoms with E-state index in [1.165, 1.54) is 30.7 Å². The van der Waals surface area contributed by atoms with Crippen molar-refractivity contribution in [3.63, 3.8) is 0 Å². The monoisotopic (exact) mass is 495 g/mol. The lowest BCUT2D eigenvalue weighted by atomic mass is 10.2. The van der Waals surface area contributed by atoms with Gasteiger partial charge in [-0.25, -0.2) is 4.79 Å². The molecule has 0 aliphatic carbocycles. The number of nitrogens with zero attached hydrogens (tertiary/aromatic N) is 3. The molecule has 3 N–H and O–H groups in total. The van der Waals surface area contributed by atoms with E-state index in [2.05, 4.69) is 4.98 Å². The van der Waals surface area contributed by atoms with Crippen molar-refractivity contribution in [1.29, 1.82) is 0 Å². The molecule has 34 heavy (non-hydrogen) atoms. The van der Waals surface area contributed by atoms with Crippen LogP contribution in [-0.2, 0) is 28.2 Å². The summed E-state index contributed by atoms with van der Waals surface area (Å²) >= 11 is 0. The molecule has 13 nitrogen and oxygen atoms in total. The molecule has 2 heterocycles. The van der Waals surface area contributed by atoms with Gasteiger partial charge in [0.25, 0.3) is 0 Å². The molecular weight excluding hydrogens is 471 g/mol. The predicted octanol–water partition coefficient (Wildman–Crippen LogP) is 1.49. The maximum atomic E-state index is 12.8. The molecule has 1 saturated heterocycles. The Balaban J connectivity index is 1.72. The number of para-hydroxylation sites is 1. The van der Waals surface area contributed by atoms with Crippen molar-refractivity contribution in [2.75, 3.05) is 12.3 Å². The van der Waals surface area contributed by atoms with Crippen molar-refractivity contribution in [2.45, 2.75) is 44.7 Å². The lowest BCUT2D eigenvalue weighted by Gasteiger charge is -2.17. The van der Waals surface area contributed by atoms with Gasteiger partial charge in [0.2, 0.25) is 0 Å². The summed E-state index contributed by atoms with van der Waals surface area (Å²) in [6, 6.07) is 8.28. The number of carboxylic acid groups (broad SMARTS) is 1. The summed E-state index contributed by atoms with van der Waals surface area (Å²) in [4.78, 5) is 45.0. The van der Waals surface area contributed by atoms with Gasteiger partial charge >= 0.3 is 25.8 Å². The fraction of sp³-hybridized carbons (Fsp3) is 0.400. The number of aliphatic carboxylic acids is 1. The summed E-state index contributed by atoms with van der Waals surface area (Å²) in [5.41, 5.74) is 4.86. The zero-order valence-corrected chi connectivity index (χ0v) is 19.2. The summed E-state index contributed by atoms with van der Waals surface area (Å²) in [6.45, 7) is 2.15. The Morgan fingerprint density at radius 2 is 2.06 bits per heavy atom. The van der Waals surface area contributed by atoms with E-state index < -0.39 is 50.3 Å². The Bertz CT molecular complexity index is 1100. The number of aromatic nitrogens is 2. The van der Waals surface area contributed by atoms with Crippen LogP contribution in [0.25, 0.3) is 0 Å². The van der Waals surface area contributed by atoms with Crippen molar-refractivity contribution < 1.29 is 38.1 Å². The van der Waals surface area contributed by atoms with Crippen LogP contribution in [0.4, 0.5) is 5.82 Å². The number of carbonyl (C=O) groups excluding carboxylic acids is 1. The molecule has 1 aliphatic rings. The number of benzene rings is 1. The minimum absolute atomic E-state index is 0.0405. The van der Waals surface area contributed by atoms with E-state index in [1.54, 1.807) is 30.3 Å². The average Bonchev–Trinajstić information content (AvgIpc) is 3.17. The number of carbonyl (C=O) groups is 2. The summed E-state index contributed by atoms with van der Waals surface area (Å²) in [7, 11) is -2.81. The van der Waals surface area contributed by atoms with E-state index in [0.717, 1.165) is 0 Å². The quantitative estimate of drug-likeness (QED) is 0.277. The average molecular weight is 495 g/mol. The first-order chi connectivity index (χ1) is 16.2. The lowest BCUT2D eigenvalue weighted by molar-refractivity contribution is -0.151. The number of esters is 1. The highest BCUT2D eigenvalue weighted by atomic mass is 31.1. The molecule has 1 aromatic carbocycles. The van der Waals surface area contributed by atoms with Gasteiger partial charge in [0, 0.05) is 19.5 Å². The van der Waals surface area contributed by atoms with Crippen LogP contribution in [0, 0.1) is 0 Å². The fourth-order valence-corrected chi connectivity index (χ4v) is 4.07. The minimum Gasteiger partial charge on any atom is -0.480 e. The van der Waals surface area contributed by atoms with Gasteiger partial charge < -0.3 is 25.2 Å². The normalized spacial score (nSPS) is 21.1. The number of carboxylic acids is 1. The molecule has 0 bridgehead atoms. The van der Waals surface area contributed by atoms with E-state index in [4.69, 9.17) is 24.6 Å². The zero-order valence-electron chi connectivity index (χ0n) is 18.3. The minimum atomic E-state index is -2.81. The molecule has 0 radical (unpaired) electrons. The van der Waals surface area contributed by atoms with Crippen LogP contribution in [0.3, 0.4) is 0 Å². The van der Waals surface area contributed by atoms with Crippen LogP contribution in [-0.4, -0.2) is 56.3 Å². The number of nitrogen functional groups attached to an aromatic ring is 1. The maximum absolute atomic E-state index is 12.8. The van der Waals surface area contributed by atoms with Gasteiger partial charge in [0.1, 0.15) is 35.7 Å². The smallest absolute Gasteiger partial charge is 0.480 e. The summed E-state index contributed by atoms with van der Waals surface area (Å²) in [5.74, 6) is -1.57. The summed E-state index contributed by atoms with van der Waals surface area (Å²) in [6.07, 6.45) is -1.07. The Hall–Kier alpha value is -3.38. The second-order valence-electron chi connectivity index (χ2n) is 7.31. The molecule has 1 fully saturated rings. The van der Waals surface area contributed by atoms with E-state index >= 15 is 0 Å². The molecule has 182 valence electrons. The fourth-order valence-electron chi connectivity index (χ4n) is 3.14. The first-order valence-corrected chi connectivity index (χ1v) is 11.3. The largest absolute Gasteiger partial charge is 0.653 e. The Morgan fingerprint density at radius 1 is 1.35 bits per heavy atom. The van der Waals surface area contributed by atoms with Gasteiger partial charge in [-0.15, -0.1) is 4.52 Å². The first-order valence-electron chi connectivity index (χ1n) is 10.2. The highest BCUT2D eigenvalue weighted by Gasteiger charge is 2.46. The molecule has 3 rings (SSSR count). The highest BCUT2D eigenvalue weighted by Crippen LogP contribution is 2.36. The van der Waals surface area contributed by atoms with Crippen molar-refractivity contribution in [1.82, 2.24) is 14.4 Å². The third-order valence-electron chi connectivity index (χ3n) is 4.80. The van der Waals surface area contributed by atoms with Gasteiger partial charge in [-0.1, -0.05) is 18.2 Å². The number of anilines is 1. The third kappa shape index (κ3) is 6.35. The van der Waals surface area contributed by atoms with Crippen molar-refractivity contribution in [3.05, 3.63) is 53.1 Å². The molecule has 0 saturated carbocycles. The number of hydroxylamine groups is 1. The Kier molecular flexibility index (Phi) is 8.29. The summed E-state index contributed by atoms with van der Waals surface area (Å²) in [5, 5.41) is 9.37. The number of nitrogens with two attached hydrogens (primary N) is 1. The standard InChI is InChI=1S/C20H23N4O9P/c1-12(19(26)27)24(33-14-6-4-3-5-7-14)34(29)30-11-16-15(31-13(2)25)10-18(32-16)23-9-8-17(21)22-20(23)28/h3-9,12,15-16,18H,10-11H2,1-2H3,(H2-,21,22,26,27,28)/p+1/t12?,15-,16+,18+/m0/s1. The van der Waals surface area contributed by atoms with Crippen LogP contribution in [0.5, 0.6) is 5.75 Å². The molecule has 2 aromatic rings.